The van der Waals surface area contributed by atoms with Gasteiger partial charge in [0.25, 0.3) is 0 Å². The summed E-state index contributed by atoms with van der Waals surface area (Å²) < 4.78 is 12.4. The zero-order valence-electron chi connectivity index (χ0n) is 26.8. The lowest BCUT2D eigenvalue weighted by Gasteiger charge is -2.27. The van der Waals surface area contributed by atoms with Gasteiger partial charge in [0.2, 0.25) is 0 Å². The van der Waals surface area contributed by atoms with Gasteiger partial charge in [-0.1, -0.05) is 167 Å². The number of benzene rings is 4. The number of rotatable bonds is 16. The molecule has 0 aromatic heterocycles. The van der Waals surface area contributed by atoms with Crippen molar-refractivity contribution in [1.82, 2.24) is 0 Å². The number of allylic oxidation sites excluding steroid dienone is 5. The first kappa shape index (κ1) is 33.5. The second kappa shape index (κ2) is 17.2. The Morgan fingerprint density at radius 1 is 0.689 bits per heavy atom. The van der Waals surface area contributed by atoms with Crippen LogP contribution in [0, 0.1) is 0 Å². The number of hydrogen-bond acceptors (Lipinski definition) is 3. The number of aliphatic hydroxyl groups is 1. The minimum absolute atomic E-state index is 0.0760. The first-order valence-corrected chi connectivity index (χ1v) is 15.8. The molecule has 3 heteroatoms. The second-order valence-electron chi connectivity index (χ2n) is 11.4. The van der Waals surface area contributed by atoms with E-state index in [-0.39, 0.29) is 31.0 Å². The van der Waals surface area contributed by atoms with Crippen LogP contribution in [0.5, 0.6) is 5.75 Å². The Kier molecular flexibility index (Phi) is 12.8. The molecule has 0 aliphatic carbocycles. The molecule has 4 aromatic rings. The second-order valence-corrected chi connectivity index (χ2v) is 11.4. The third kappa shape index (κ3) is 9.28. The summed E-state index contributed by atoms with van der Waals surface area (Å²) in [6, 6.07) is 36.3. The maximum atomic E-state index is 10.9. The van der Waals surface area contributed by atoms with Crippen molar-refractivity contribution >= 4 is 0 Å². The monoisotopic (exact) mass is 598 g/mol. The highest BCUT2D eigenvalue weighted by Crippen LogP contribution is 2.42. The number of ether oxygens (including phenoxy) is 2. The molecule has 0 fully saturated rings. The molecule has 4 unspecified atom stereocenters. The van der Waals surface area contributed by atoms with Crippen molar-refractivity contribution < 1.29 is 14.6 Å². The van der Waals surface area contributed by atoms with Crippen molar-refractivity contribution in [3.63, 3.8) is 0 Å². The summed E-state index contributed by atoms with van der Waals surface area (Å²) >= 11 is 0. The number of hydrogen-bond donors (Lipinski definition) is 1. The third-order valence-electron chi connectivity index (χ3n) is 8.30. The molecule has 0 amide bonds. The summed E-state index contributed by atoms with van der Waals surface area (Å²) in [7, 11) is 0. The van der Waals surface area contributed by atoms with Crippen LogP contribution in [-0.2, 0) is 4.74 Å². The molecule has 4 atom stereocenters. The first-order chi connectivity index (χ1) is 21.9. The van der Waals surface area contributed by atoms with Crippen molar-refractivity contribution in [1.29, 1.82) is 0 Å². The van der Waals surface area contributed by atoms with E-state index < -0.39 is 6.10 Å². The Hall–Kier alpha value is -4.44. The van der Waals surface area contributed by atoms with Gasteiger partial charge < -0.3 is 14.6 Å². The van der Waals surface area contributed by atoms with E-state index in [1.807, 2.05) is 30.4 Å². The Bertz CT molecular complexity index is 1490. The van der Waals surface area contributed by atoms with Crippen LogP contribution < -0.4 is 4.74 Å². The number of aliphatic hydroxyl groups excluding tert-OH is 1. The molecule has 0 bridgehead atoms. The molecule has 0 saturated carbocycles. The van der Waals surface area contributed by atoms with Crippen molar-refractivity contribution in [3.05, 3.63) is 186 Å². The van der Waals surface area contributed by atoms with Crippen molar-refractivity contribution in [2.24, 2.45) is 0 Å². The van der Waals surface area contributed by atoms with E-state index in [9.17, 15) is 5.11 Å². The standard InChI is InChI=1S/C42H46O3/c1-6-18-34(7-2)19-17-26-44-29-39(43)30-45-42-40(32(4)36-22-13-9-14-23-36)27-38(31(3)35-20-11-8-12-21-35)28-41(42)33(5)37-24-15-10-16-25-37/h6-25,27-28,31-33,39,43H,1-2,26,29-30H2,3-5H3/b19-17+,34-18+. The summed E-state index contributed by atoms with van der Waals surface area (Å²) in [6.07, 6.45) is 8.39. The maximum absolute atomic E-state index is 10.9. The normalized spacial score (nSPS) is 14.4. The molecule has 4 aromatic carbocycles. The van der Waals surface area contributed by atoms with Crippen LogP contribution in [0.3, 0.4) is 0 Å². The lowest BCUT2D eigenvalue weighted by atomic mass is 9.81. The van der Waals surface area contributed by atoms with Crippen LogP contribution in [-0.4, -0.2) is 31.0 Å². The van der Waals surface area contributed by atoms with Crippen molar-refractivity contribution in [2.45, 2.75) is 44.6 Å². The average molecular weight is 599 g/mol. The molecule has 45 heavy (non-hydrogen) atoms. The zero-order valence-corrected chi connectivity index (χ0v) is 26.8. The molecule has 0 aliphatic heterocycles. The highest BCUT2D eigenvalue weighted by molar-refractivity contribution is 5.54. The molecule has 4 rings (SSSR count). The highest BCUT2D eigenvalue weighted by Gasteiger charge is 2.25. The van der Waals surface area contributed by atoms with Crippen LogP contribution in [0.15, 0.2) is 152 Å². The van der Waals surface area contributed by atoms with Gasteiger partial charge in [0.05, 0.1) is 13.2 Å². The Labute approximate surface area is 269 Å². The van der Waals surface area contributed by atoms with Gasteiger partial charge >= 0.3 is 0 Å². The van der Waals surface area contributed by atoms with E-state index in [1.54, 1.807) is 12.2 Å². The largest absolute Gasteiger partial charge is 0.490 e. The summed E-state index contributed by atoms with van der Waals surface area (Å²) in [5.74, 6) is 1.17. The van der Waals surface area contributed by atoms with Crippen LogP contribution in [0.25, 0.3) is 0 Å². The summed E-state index contributed by atoms with van der Waals surface area (Å²) in [5.41, 5.74) is 8.11. The highest BCUT2D eigenvalue weighted by atomic mass is 16.5. The molecule has 1 N–H and O–H groups in total. The molecular formula is C42H46O3. The third-order valence-corrected chi connectivity index (χ3v) is 8.30. The van der Waals surface area contributed by atoms with E-state index >= 15 is 0 Å². The average Bonchev–Trinajstić information content (AvgIpc) is 3.09. The molecular weight excluding hydrogens is 552 g/mol. The summed E-state index contributed by atoms with van der Waals surface area (Å²) in [4.78, 5) is 0. The van der Waals surface area contributed by atoms with Crippen LogP contribution in [0.2, 0.25) is 0 Å². The predicted molar refractivity (Wildman–Crippen MR) is 188 cm³/mol. The van der Waals surface area contributed by atoms with Gasteiger partial charge in [0, 0.05) is 28.9 Å². The van der Waals surface area contributed by atoms with Gasteiger partial charge in [0.1, 0.15) is 18.5 Å². The SMILES string of the molecule is C=C/C=C(C=C)/C=C/COCC(O)COc1c(C(C)c2ccccc2)cc(C(C)c2ccccc2)cc1C(C)c1ccccc1. The van der Waals surface area contributed by atoms with Gasteiger partial charge in [-0.25, -0.2) is 0 Å². The Balaban J connectivity index is 1.68. The van der Waals surface area contributed by atoms with Crippen LogP contribution in [0.1, 0.15) is 71.9 Å². The molecule has 0 spiro atoms. The zero-order chi connectivity index (χ0) is 32.0. The quantitative estimate of drug-likeness (QED) is 0.103. The van der Waals surface area contributed by atoms with Gasteiger partial charge in [-0.2, -0.15) is 0 Å². The van der Waals surface area contributed by atoms with Crippen LogP contribution in [0.4, 0.5) is 0 Å². The molecule has 232 valence electrons. The van der Waals surface area contributed by atoms with Crippen molar-refractivity contribution in [2.75, 3.05) is 19.8 Å². The molecule has 0 aliphatic rings. The van der Waals surface area contributed by atoms with E-state index in [0.717, 1.165) is 22.4 Å². The van der Waals surface area contributed by atoms with Gasteiger partial charge in [0.15, 0.2) is 0 Å². The summed E-state index contributed by atoms with van der Waals surface area (Å²) in [6.45, 7) is 14.9. The molecule has 3 nitrogen and oxygen atoms in total. The fraction of sp³-hybridized carbons (Fsp3) is 0.238. The molecule has 0 heterocycles. The van der Waals surface area contributed by atoms with Crippen molar-refractivity contribution in [3.8, 4) is 5.75 Å². The summed E-state index contributed by atoms with van der Waals surface area (Å²) in [5, 5.41) is 10.9. The fourth-order valence-corrected chi connectivity index (χ4v) is 5.55. The topological polar surface area (TPSA) is 38.7 Å². The molecule has 0 radical (unpaired) electrons. The Morgan fingerprint density at radius 3 is 1.64 bits per heavy atom. The lowest BCUT2D eigenvalue weighted by molar-refractivity contribution is 0.0208. The van der Waals surface area contributed by atoms with Gasteiger partial charge in [-0.15, -0.1) is 0 Å². The van der Waals surface area contributed by atoms with Gasteiger partial charge in [-0.3, -0.25) is 0 Å². The van der Waals surface area contributed by atoms with E-state index in [4.69, 9.17) is 9.47 Å². The minimum atomic E-state index is -0.788. The Morgan fingerprint density at radius 2 is 1.18 bits per heavy atom. The minimum Gasteiger partial charge on any atom is -0.490 e. The van der Waals surface area contributed by atoms with E-state index in [1.165, 1.54) is 22.3 Å². The molecule has 0 saturated heterocycles. The van der Waals surface area contributed by atoms with E-state index in [2.05, 4.69) is 125 Å². The predicted octanol–water partition coefficient (Wildman–Crippen LogP) is 9.75. The first-order valence-electron chi connectivity index (χ1n) is 15.8. The maximum Gasteiger partial charge on any atom is 0.127 e. The lowest BCUT2D eigenvalue weighted by Crippen LogP contribution is -2.24. The van der Waals surface area contributed by atoms with Crippen LogP contribution >= 0.6 is 0 Å². The van der Waals surface area contributed by atoms with Gasteiger partial charge in [-0.05, 0) is 27.8 Å². The van der Waals surface area contributed by atoms with E-state index in [0.29, 0.717) is 6.61 Å². The smallest absolute Gasteiger partial charge is 0.127 e. The fourth-order valence-electron chi connectivity index (χ4n) is 5.55.